The Kier molecular flexibility index (Phi) is 4.07. The van der Waals surface area contributed by atoms with Crippen LogP contribution in [0.2, 0.25) is 0 Å². The molecule has 0 radical (unpaired) electrons. The van der Waals surface area contributed by atoms with Gasteiger partial charge in [0.2, 0.25) is 0 Å². The topological polar surface area (TPSA) is 35.5 Å². The molecule has 0 fully saturated rings. The van der Waals surface area contributed by atoms with Crippen LogP contribution in [0, 0.1) is 0 Å². The van der Waals surface area contributed by atoms with Crippen LogP contribution in [-0.4, -0.2) is 5.24 Å². The van der Waals surface area contributed by atoms with E-state index in [-0.39, 0.29) is 0 Å². The third-order valence-electron chi connectivity index (χ3n) is 2.22. The van der Waals surface area contributed by atoms with Crippen LogP contribution >= 0.6 is 23.5 Å². The van der Waals surface area contributed by atoms with Gasteiger partial charge >= 0.3 is 0 Å². The van der Waals surface area contributed by atoms with Crippen LogP contribution in [0.15, 0.2) is 48.5 Å². The molecule has 5 heteroatoms. The fraction of sp³-hybridized carbons (Fsp3) is 0. The van der Waals surface area contributed by atoms with Gasteiger partial charge in [-0.2, -0.15) is 0 Å². The Bertz CT molecular complexity index is 570. The van der Waals surface area contributed by atoms with Gasteiger partial charge in [0, 0.05) is 5.56 Å². The van der Waals surface area contributed by atoms with Crippen molar-refractivity contribution in [1.29, 1.82) is 0 Å². The predicted octanol–water partition coefficient (Wildman–Crippen LogP) is 4.39. The zero-order chi connectivity index (χ0) is 13.0. The molecule has 0 saturated heterocycles. The van der Waals surface area contributed by atoms with Gasteiger partial charge in [0.25, 0.3) is 5.24 Å². The average Bonchev–Trinajstić information content (AvgIpc) is 2.39. The molecular formula is C13H8Cl2O3. The number of hydrogen-bond acceptors (Lipinski definition) is 3. The number of para-hydroxylation sites is 2. The second kappa shape index (κ2) is 5.76. The monoisotopic (exact) mass is 282 g/mol. The molecule has 0 bridgehead atoms. The van der Waals surface area contributed by atoms with Crippen LogP contribution in [0.4, 0.5) is 0 Å². The van der Waals surface area contributed by atoms with Crippen molar-refractivity contribution in [3.05, 3.63) is 54.1 Å². The highest BCUT2D eigenvalue weighted by Crippen LogP contribution is 2.32. The smallest absolute Gasteiger partial charge is 0.252 e. The molecule has 0 amide bonds. The molecule has 0 unspecified atom stereocenters. The highest BCUT2D eigenvalue weighted by molar-refractivity contribution is 6.67. The van der Waals surface area contributed by atoms with Gasteiger partial charge in [-0.15, -0.1) is 0 Å². The van der Waals surface area contributed by atoms with Crippen LogP contribution < -0.4 is 9.03 Å². The average molecular weight is 283 g/mol. The molecule has 0 aliphatic rings. The normalized spacial score (nSPS) is 9.89. The maximum Gasteiger partial charge on any atom is 0.252 e. The third-order valence-corrected chi connectivity index (χ3v) is 2.61. The number of hydrogen-bond donors (Lipinski definition) is 0. The third kappa shape index (κ3) is 2.94. The molecule has 0 N–H and O–H groups in total. The Morgan fingerprint density at radius 3 is 2.39 bits per heavy atom. The fourth-order valence-corrected chi connectivity index (χ4v) is 1.65. The van der Waals surface area contributed by atoms with Crippen molar-refractivity contribution in [3.8, 4) is 17.2 Å². The number of carbonyl (C=O) groups excluding carboxylic acids is 1. The lowest BCUT2D eigenvalue weighted by molar-refractivity contribution is 0.108. The van der Waals surface area contributed by atoms with Crippen molar-refractivity contribution in [3.63, 3.8) is 0 Å². The lowest BCUT2D eigenvalue weighted by Crippen LogP contribution is -1.91. The van der Waals surface area contributed by atoms with E-state index in [1.807, 2.05) is 0 Å². The molecule has 2 aromatic rings. The van der Waals surface area contributed by atoms with E-state index in [4.69, 9.17) is 28.2 Å². The van der Waals surface area contributed by atoms with Crippen LogP contribution in [0.5, 0.6) is 17.2 Å². The summed E-state index contributed by atoms with van der Waals surface area (Å²) in [5.41, 5.74) is 0.360. The summed E-state index contributed by atoms with van der Waals surface area (Å²) >= 11 is 10.7. The first-order chi connectivity index (χ1) is 8.70. The van der Waals surface area contributed by atoms with Gasteiger partial charge in [-0.3, -0.25) is 4.79 Å². The minimum atomic E-state index is -0.540. The zero-order valence-corrected chi connectivity index (χ0v) is 10.6. The molecule has 92 valence electrons. The number of ether oxygens (including phenoxy) is 1. The molecule has 0 aliphatic carbocycles. The van der Waals surface area contributed by atoms with Crippen LogP contribution in [-0.2, 0) is 0 Å². The van der Waals surface area contributed by atoms with E-state index in [1.165, 1.54) is 0 Å². The van der Waals surface area contributed by atoms with Crippen LogP contribution in [0.25, 0.3) is 0 Å². The molecule has 18 heavy (non-hydrogen) atoms. The summed E-state index contributed by atoms with van der Waals surface area (Å²) < 4.78 is 10.2. The standard InChI is InChI=1S/C13H8Cl2O3/c14-13(16)9-4-3-5-10(8-9)17-11-6-1-2-7-12(11)18-15/h1-8H. The Labute approximate surface area is 114 Å². The SMILES string of the molecule is O=C(Cl)c1cccc(Oc2ccccc2OCl)c1. The number of rotatable bonds is 4. The van der Waals surface area contributed by atoms with E-state index in [0.717, 1.165) is 0 Å². The van der Waals surface area contributed by atoms with Crippen molar-refractivity contribution >= 4 is 28.7 Å². The van der Waals surface area contributed by atoms with Crippen LogP contribution in [0.3, 0.4) is 0 Å². The molecule has 0 atom stereocenters. The molecule has 0 spiro atoms. The van der Waals surface area contributed by atoms with Gasteiger partial charge in [0.05, 0.1) is 0 Å². The van der Waals surface area contributed by atoms with Crippen molar-refractivity contribution in [2.24, 2.45) is 0 Å². The largest absolute Gasteiger partial charge is 0.453 e. The first-order valence-electron chi connectivity index (χ1n) is 5.06. The Balaban J connectivity index is 2.28. The second-order valence-corrected chi connectivity index (χ2v) is 3.93. The molecule has 2 aromatic carbocycles. The second-order valence-electron chi connectivity index (χ2n) is 3.43. The van der Waals surface area contributed by atoms with Crippen LogP contribution in [0.1, 0.15) is 10.4 Å². The molecule has 0 heterocycles. The van der Waals surface area contributed by atoms with E-state index in [0.29, 0.717) is 22.8 Å². The van der Waals surface area contributed by atoms with Gasteiger partial charge < -0.3 is 9.03 Å². The lowest BCUT2D eigenvalue weighted by atomic mass is 10.2. The molecule has 0 saturated carbocycles. The minimum Gasteiger partial charge on any atom is -0.453 e. The molecular weight excluding hydrogens is 275 g/mol. The highest BCUT2D eigenvalue weighted by Gasteiger charge is 2.07. The van der Waals surface area contributed by atoms with Gasteiger partial charge in [0.15, 0.2) is 11.5 Å². The first kappa shape index (κ1) is 12.7. The van der Waals surface area contributed by atoms with Gasteiger partial charge in [-0.05, 0) is 41.9 Å². The lowest BCUT2D eigenvalue weighted by Gasteiger charge is -2.08. The Morgan fingerprint density at radius 1 is 1.00 bits per heavy atom. The summed E-state index contributed by atoms with van der Waals surface area (Å²) in [6, 6.07) is 13.4. The van der Waals surface area contributed by atoms with E-state index >= 15 is 0 Å². The molecule has 0 aromatic heterocycles. The summed E-state index contributed by atoms with van der Waals surface area (Å²) in [5.74, 6) is 1.32. The number of carbonyl (C=O) groups is 1. The van der Waals surface area contributed by atoms with E-state index in [9.17, 15) is 4.79 Å². The summed E-state index contributed by atoms with van der Waals surface area (Å²) in [6.07, 6.45) is 0. The molecule has 0 aliphatic heterocycles. The first-order valence-corrected chi connectivity index (χ1v) is 5.75. The van der Waals surface area contributed by atoms with E-state index in [1.54, 1.807) is 48.5 Å². The minimum absolute atomic E-state index is 0.360. The highest BCUT2D eigenvalue weighted by atomic mass is 35.5. The maximum absolute atomic E-state index is 11.0. The van der Waals surface area contributed by atoms with Gasteiger partial charge in [0.1, 0.15) is 17.6 Å². The number of halogens is 2. The molecule has 3 nitrogen and oxygen atoms in total. The van der Waals surface area contributed by atoms with Crippen molar-refractivity contribution in [2.75, 3.05) is 0 Å². The Morgan fingerprint density at radius 2 is 1.72 bits per heavy atom. The van der Waals surface area contributed by atoms with Gasteiger partial charge in [-0.25, -0.2) is 0 Å². The van der Waals surface area contributed by atoms with Crippen molar-refractivity contribution < 1.29 is 13.8 Å². The predicted molar refractivity (Wildman–Crippen MR) is 69.6 cm³/mol. The van der Waals surface area contributed by atoms with Crippen molar-refractivity contribution in [1.82, 2.24) is 0 Å². The summed E-state index contributed by atoms with van der Waals surface area (Å²) in [5, 5.41) is -0.540. The summed E-state index contributed by atoms with van der Waals surface area (Å²) in [4.78, 5) is 11.0. The molecule has 2 rings (SSSR count). The summed E-state index contributed by atoms with van der Waals surface area (Å²) in [7, 11) is 0. The number of benzene rings is 2. The maximum atomic E-state index is 11.0. The summed E-state index contributed by atoms with van der Waals surface area (Å²) in [6.45, 7) is 0. The fourth-order valence-electron chi connectivity index (χ4n) is 1.41. The Hall–Kier alpha value is -1.71. The van der Waals surface area contributed by atoms with Gasteiger partial charge in [-0.1, -0.05) is 18.2 Å². The van der Waals surface area contributed by atoms with E-state index < -0.39 is 5.24 Å². The quantitative estimate of drug-likeness (QED) is 0.780. The zero-order valence-electron chi connectivity index (χ0n) is 9.10. The van der Waals surface area contributed by atoms with E-state index in [2.05, 4.69) is 4.29 Å². The van der Waals surface area contributed by atoms with Crippen molar-refractivity contribution in [2.45, 2.75) is 0 Å².